The molecule has 2 amide bonds. The Bertz CT molecular complexity index is 1550. The monoisotopic (exact) mass is 538 g/mol. The van der Waals surface area contributed by atoms with E-state index in [-0.39, 0.29) is 17.6 Å². The number of carbonyl (C=O) groups excluding carboxylic acids is 2. The van der Waals surface area contributed by atoms with Crippen LogP contribution in [0.3, 0.4) is 0 Å². The summed E-state index contributed by atoms with van der Waals surface area (Å²) in [6.45, 7) is 3.92. The maximum Gasteiger partial charge on any atom is 0.251 e. The largest absolute Gasteiger partial charge is 0.496 e. The fourth-order valence-electron chi connectivity index (χ4n) is 5.14. The lowest BCUT2D eigenvalue weighted by Crippen LogP contribution is -2.40. The van der Waals surface area contributed by atoms with Gasteiger partial charge in [0.15, 0.2) is 0 Å². The zero-order chi connectivity index (χ0) is 28.4. The van der Waals surface area contributed by atoms with Crippen molar-refractivity contribution in [1.82, 2.24) is 10.6 Å². The molecule has 1 aliphatic rings. The third kappa shape index (κ3) is 5.15. The van der Waals surface area contributed by atoms with Crippen molar-refractivity contribution in [1.29, 1.82) is 0 Å². The topological polar surface area (TPSA) is 76.7 Å². The maximum atomic E-state index is 13.6. The fraction of sp³-hybridized carbons (Fsp3) is 0.212. The van der Waals surface area contributed by atoms with Crippen molar-refractivity contribution in [2.45, 2.75) is 31.4 Å². The molecule has 4 aromatic carbocycles. The Morgan fingerprint density at radius 3 is 2.33 bits per heavy atom. The average Bonchev–Trinajstić information content (AvgIpc) is 3.35. The van der Waals surface area contributed by atoms with E-state index in [2.05, 4.69) is 10.6 Å². The molecule has 2 unspecified atom stereocenters. The van der Waals surface area contributed by atoms with Gasteiger partial charge in [0.05, 0.1) is 12.6 Å². The van der Waals surface area contributed by atoms with Gasteiger partial charge in [0.1, 0.15) is 29.3 Å². The molecule has 0 radical (unpaired) electrons. The van der Waals surface area contributed by atoms with Gasteiger partial charge in [-0.2, -0.15) is 0 Å². The molecule has 0 fully saturated rings. The lowest BCUT2D eigenvalue weighted by atomic mass is 9.88. The minimum absolute atomic E-state index is 0.214. The van der Waals surface area contributed by atoms with E-state index in [1.165, 1.54) is 12.1 Å². The van der Waals surface area contributed by atoms with Crippen LogP contribution in [0.1, 0.15) is 52.9 Å². The molecule has 2 N–H and O–H groups in total. The van der Waals surface area contributed by atoms with Gasteiger partial charge in [-0.3, -0.25) is 9.59 Å². The van der Waals surface area contributed by atoms with Crippen molar-refractivity contribution in [3.8, 4) is 22.6 Å². The van der Waals surface area contributed by atoms with Crippen LogP contribution in [-0.4, -0.2) is 26.0 Å². The van der Waals surface area contributed by atoms with Crippen molar-refractivity contribution in [3.63, 3.8) is 0 Å². The number of amides is 2. The first-order chi connectivity index (χ1) is 19.2. The van der Waals surface area contributed by atoms with E-state index in [1.54, 1.807) is 44.5 Å². The lowest BCUT2D eigenvalue weighted by molar-refractivity contribution is -0.123. The highest BCUT2D eigenvalue weighted by Crippen LogP contribution is 2.48. The average molecular weight is 539 g/mol. The highest BCUT2D eigenvalue weighted by molar-refractivity contribution is 5.97. The summed E-state index contributed by atoms with van der Waals surface area (Å²) in [4.78, 5) is 26.4. The van der Waals surface area contributed by atoms with Crippen LogP contribution in [0.5, 0.6) is 11.5 Å². The Balaban J connectivity index is 1.50. The molecule has 0 saturated heterocycles. The smallest absolute Gasteiger partial charge is 0.251 e. The number of hydrogen-bond donors (Lipinski definition) is 2. The molecule has 0 spiro atoms. The summed E-state index contributed by atoms with van der Waals surface area (Å²) >= 11 is 0. The molecule has 1 aliphatic heterocycles. The number of rotatable bonds is 7. The molecule has 0 aromatic heterocycles. The number of hydrogen-bond acceptors (Lipinski definition) is 4. The first kappa shape index (κ1) is 26.9. The molecule has 40 heavy (non-hydrogen) atoms. The molecule has 4 aromatic rings. The Kier molecular flexibility index (Phi) is 7.30. The van der Waals surface area contributed by atoms with Gasteiger partial charge in [0.2, 0.25) is 5.91 Å². The third-order valence-electron chi connectivity index (χ3n) is 7.32. The van der Waals surface area contributed by atoms with E-state index in [0.717, 1.165) is 11.1 Å². The zero-order valence-corrected chi connectivity index (χ0v) is 22.8. The second-order valence-electron chi connectivity index (χ2n) is 10.3. The van der Waals surface area contributed by atoms with E-state index >= 15 is 0 Å². The highest BCUT2D eigenvalue weighted by atomic mass is 19.1. The summed E-state index contributed by atoms with van der Waals surface area (Å²) in [6.07, 6.45) is -0.606. The number of nitrogens with one attached hydrogen (secondary N) is 2. The summed E-state index contributed by atoms with van der Waals surface area (Å²) in [5.41, 5.74) is 3.76. The molecule has 1 heterocycles. The van der Waals surface area contributed by atoms with Crippen molar-refractivity contribution in [2.24, 2.45) is 0 Å². The number of fused-ring (bicyclic) bond motifs is 1. The van der Waals surface area contributed by atoms with Crippen molar-refractivity contribution in [2.75, 3.05) is 14.2 Å². The fourth-order valence-corrected chi connectivity index (χ4v) is 5.14. The second kappa shape index (κ2) is 10.8. The summed E-state index contributed by atoms with van der Waals surface area (Å²) in [5.74, 6) is -0.278. The predicted molar refractivity (Wildman–Crippen MR) is 152 cm³/mol. The number of benzene rings is 4. The lowest BCUT2D eigenvalue weighted by Gasteiger charge is -2.27. The Labute approximate surface area is 233 Å². The van der Waals surface area contributed by atoms with E-state index < -0.39 is 17.6 Å². The van der Waals surface area contributed by atoms with Crippen LogP contribution >= 0.6 is 0 Å². The molecule has 7 heteroatoms. The summed E-state index contributed by atoms with van der Waals surface area (Å²) in [7, 11) is 3.15. The first-order valence-electron chi connectivity index (χ1n) is 13.1. The molecule has 0 aliphatic carbocycles. The van der Waals surface area contributed by atoms with E-state index in [1.807, 2.05) is 62.4 Å². The molecule has 6 nitrogen and oxygen atoms in total. The van der Waals surface area contributed by atoms with Crippen LogP contribution < -0.4 is 20.1 Å². The maximum absolute atomic E-state index is 13.6. The standard InChI is InChI=1S/C33H31FN2O4/c1-33(2,23-8-6-5-7-9-23)36-31(37)22-13-16-27(39-4)25(19-22)21-12-17-28-26(18-21)29(32(38)35-3)30(40-28)20-10-14-24(34)15-11-20/h5-19,29-30H,1-4H3,(H,35,38)(H,36,37). The number of ether oxygens (including phenoxy) is 2. The van der Waals surface area contributed by atoms with E-state index in [9.17, 15) is 14.0 Å². The van der Waals surface area contributed by atoms with Crippen LogP contribution in [0, 0.1) is 5.82 Å². The number of methoxy groups -OCH3 is 1. The SMILES string of the molecule is CNC(=O)C1c2cc(-c3cc(C(=O)NC(C)(C)c4ccccc4)ccc3OC)ccc2OC1c1ccc(F)cc1. The summed E-state index contributed by atoms with van der Waals surface area (Å²) < 4.78 is 25.4. The molecule has 204 valence electrons. The van der Waals surface area contributed by atoms with Gasteiger partial charge in [0, 0.05) is 23.7 Å². The summed E-state index contributed by atoms with van der Waals surface area (Å²) in [6, 6.07) is 26.6. The van der Waals surface area contributed by atoms with Crippen molar-refractivity contribution in [3.05, 3.63) is 119 Å². The Hall–Kier alpha value is -4.65. The normalized spacial score (nSPS) is 16.0. The van der Waals surface area contributed by atoms with Crippen LogP contribution in [0.25, 0.3) is 11.1 Å². The minimum atomic E-state index is -0.644. The number of likely N-dealkylation sites (N-methyl/N-ethyl adjacent to an activating group) is 1. The van der Waals surface area contributed by atoms with Crippen LogP contribution in [0.2, 0.25) is 0 Å². The first-order valence-corrected chi connectivity index (χ1v) is 13.1. The number of halogens is 1. The van der Waals surface area contributed by atoms with Gasteiger partial charge in [-0.05, 0) is 73.0 Å². The van der Waals surface area contributed by atoms with Gasteiger partial charge in [-0.1, -0.05) is 48.5 Å². The molecular formula is C33H31FN2O4. The van der Waals surface area contributed by atoms with Crippen LogP contribution in [0.15, 0.2) is 91.0 Å². The Morgan fingerprint density at radius 1 is 0.925 bits per heavy atom. The van der Waals surface area contributed by atoms with E-state index in [0.29, 0.717) is 33.8 Å². The predicted octanol–water partition coefficient (Wildman–Crippen LogP) is 6.13. The van der Waals surface area contributed by atoms with Gasteiger partial charge < -0.3 is 20.1 Å². The van der Waals surface area contributed by atoms with Gasteiger partial charge in [0.25, 0.3) is 5.91 Å². The molecule has 0 saturated carbocycles. The summed E-state index contributed by atoms with van der Waals surface area (Å²) in [5, 5.41) is 5.85. The van der Waals surface area contributed by atoms with Gasteiger partial charge in [-0.25, -0.2) is 4.39 Å². The molecular weight excluding hydrogens is 507 g/mol. The van der Waals surface area contributed by atoms with Crippen LogP contribution in [-0.2, 0) is 10.3 Å². The van der Waals surface area contributed by atoms with Crippen LogP contribution in [0.4, 0.5) is 4.39 Å². The van der Waals surface area contributed by atoms with Crippen molar-refractivity contribution < 1.29 is 23.5 Å². The van der Waals surface area contributed by atoms with Gasteiger partial charge in [-0.15, -0.1) is 0 Å². The minimum Gasteiger partial charge on any atom is -0.496 e. The Morgan fingerprint density at radius 2 is 1.65 bits per heavy atom. The van der Waals surface area contributed by atoms with Crippen molar-refractivity contribution >= 4 is 11.8 Å². The second-order valence-corrected chi connectivity index (χ2v) is 10.3. The number of carbonyl (C=O) groups is 2. The van der Waals surface area contributed by atoms with Gasteiger partial charge >= 0.3 is 0 Å². The molecule has 5 rings (SSSR count). The zero-order valence-electron chi connectivity index (χ0n) is 22.8. The quantitative estimate of drug-likeness (QED) is 0.297. The third-order valence-corrected chi connectivity index (χ3v) is 7.32. The highest BCUT2D eigenvalue weighted by Gasteiger charge is 2.40. The molecule has 2 atom stereocenters. The van der Waals surface area contributed by atoms with E-state index in [4.69, 9.17) is 9.47 Å². The molecule has 0 bridgehead atoms.